The van der Waals surface area contributed by atoms with Crippen LogP contribution in [0.4, 0.5) is 4.79 Å². The van der Waals surface area contributed by atoms with E-state index in [9.17, 15) is 4.79 Å². The average Bonchev–Trinajstić information content (AvgIpc) is 2.41. The maximum Gasteiger partial charge on any atom is 0.410 e. The predicted octanol–water partition coefficient (Wildman–Crippen LogP) is 3.04. The number of ether oxygens (including phenoxy) is 2. The van der Waals surface area contributed by atoms with Gasteiger partial charge in [0.25, 0.3) is 0 Å². The van der Waals surface area contributed by atoms with Crippen LogP contribution in [0.25, 0.3) is 0 Å². The SMILES string of the molecule is CC(C)CCC(C)NCC1COCCN1C(=O)OC(C)(C)C. The van der Waals surface area contributed by atoms with Crippen molar-refractivity contribution in [1.82, 2.24) is 10.2 Å². The highest BCUT2D eigenvalue weighted by molar-refractivity contribution is 5.68. The molecule has 0 aliphatic carbocycles. The second kappa shape index (κ2) is 8.73. The van der Waals surface area contributed by atoms with Crippen molar-refractivity contribution < 1.29 is 14.3 Å². The van der Waals surface area contributed by atoms with E-state index in [2.05, 4.69) is 26.1 Å². The number of hydrogen-bond donors (Lipinski definition) is 1. The zero-order valence-electron chi connectivity index (χ0n) is 15.1. The Balaban J connectivity index is 2.46. The zero-order valence-corrected chi connectivity index (χ0v) is 15.1. The fourth-order valence-electron chi connectivity index (χ4n) is 2.41. The molecule has 22 heavy (non-hydrogen) atoms. The topological polar surface area (TPSA) is 50.8 Å². The first kappa shape index (κ1) is 19.2. The van der Waals surface area contributed by atoms with Crippen molar-refractivity contribution in [3.8, 4) is 0 Å². The van der Waals surface area contributed by atoms with Gasteiger partial charge in [0, 0.05) is 19.1 Å². The molecular weight excluding hydrogens is 280 g/mol. The van der Waals surface area contributed by atoms with Gasteiger partial charge in [-0.05, 0) is 46.5 Å². The third-order valence-corrected chi connectivity index (χ3v) is 3.73. The monoisotopic (exact) mass is 314 g/mol. The fourth-order valence-corrected chi connectivity index (χ4v) is 2.41. The van der Waals surface area contributed by atoms with Crippen LogP contribution in [-0.4, -0.2) is 55.0 Å². The number of morpholine rings is 1. The van der Waals surface area contributed by atoms with Gasteiger partial charge < -0.3 is 14.8 Å². The Morgan fingerprint density at radius 3 is 2.59 bits per heavy atom. The van der Waals surface area contributed by atoms with Crippen LogP contribution in [0.3, 0.4) is 0 Å². The molecule has 0 saturated carbocycles. The largest absolute Gasteiger partial charge is 0.444 e. The van der Waals surface area contributed by atoms with Gasteiger partial charge in [-0.2, -0.15) is 0 Å². The van der Waals surface area contributed by atoms with Gasteiger partial charge in [0.15, 0.2) is 0 Å². The highest BCUT2D eigenvalue weighted by Gasteiger charge is 2.30. The number of amides is 1. The van der Waals surface area contributed by atoms with E-state index in [0.29, 0.717) is 25.8 Å². The van der Waals surface area contributed by atoms with Gasteiger partial charge >= 0.3 is 6.09 Å². The first-order valence-corrected chi connectivity index (χ1v) is 8.50. The number of hydrogen-bond acceptors (Lipinski definition) is 4. The summed E-state index contributed by atoms with van der Waals surface area (Å²) in [7, 11) is 0. The van der Waals surface area contributed by atoms with Gasteiger partial charge in [-0.3, -0.25) is 4.90 Å². The van der Waals surface area contributed by atoms with Gasteiger partial charge in [0.1, 0.15) is 5.60 Å². The van der Waals surface area contributed by atoms with Gasteiger partial charge in [-0.25, -0.2) is 4.79 Å². The van der Waals surface area contributed by atoms with Crippen LogP contribution in [0.2, 0.25) is 0 Å². The lowest BCUT2D eigenvalue weighted by Crippen LogP contribution is -2.54. The molecule has 2 unspecified atom stereocenters. The summed E-state index contributed by atoms with van der Waals surface area (Å²) in [6.07, 6.45) is 2.13. The van der Waals surface area contributed by atoms with Crippen molar-refractivity contribution in [3.05, 3.63) is 0 Å². The summed E-state index contributed by atoms with van der Waals surface area (Å²) < 4.78 is 11.0. The summed E-state index contributed by atoms with van der Waals surface area (Å²) >= 11 is 0. The quantitative estimate of drug-likeness (QED) is 0.819. The van der Waals surface area contributed by atoms with Crippen LogP contribution in [0, 0.1) is 5.92 Å². The predicted molar refractivity (Wildman–Crippen MR) is 89.1 cm³/mol. The molecule has 1 aliphatic rings. The van der Waals surface area contributed by atoms with Gasteiger partial charge in [-0.15, -0.1) is 0 Å². The molecule has 1 heterocycles. The zero-order chi connectivity index (χ0) is 16.8. The van der Waals surface area contributed by atoms with Crippen LogP contribution >= 0.6 is 0 Å². The summed E-state index contributed by atoms with van der Waals surface area (Å²) in [5.74, 6) is 0.723. The molecule has 5 heteroatoms. The minimum absolute atomic E-state index is 0.0464. The second-order valence-electron chi connectivity index (χ2n) is 7.68. The van der Waals surface area contributed by atoms with E-state index >= 15 is 0 Å². The molecule has 5 nitrogen and oxygen atoms in total. The van der Waals surface area contributed by atoms with Crippen molar-refractivity contribution in [2.24, 2.45) is 5.92 Å². The van der Waals surface area contributed by atoms with Gasteiger partial charge in [-0.1, -0.05) is 13.8 Å². The number of rotatable bonds is 6. The molecule has 2 atom stereocenters. The van der Waals surface area contributed by atoms with Gasteiger partial charge in [0.05, 0.1) is 19.3 Å². The van der Waals surface area contributed by atoms with E-state index in [4.69, 9.17) is 9.47 Å². The van der Waals surface area contributed by atoms with Crippen molar-refractivity contribution in [1.29, 1.82) is 0 Å². The summed E-state index contributed by atoms with van der Waals surface area (Å²) in [6, 6.07) is 0.495. The van der Waals surface area contributed by atoms with E-state index in [0.717, 1.165) is 18.9 Å². The number of carbonyl (C=O) groups is 1. The summed E-state index contributed by atoms with van der Waals surface area (Å²) in [5.41, 5.74) is -0.460. The van der Waals surface area contributed by atoms with Crippen LogP contribution in [0.1, 0.15) is 54.4 Å². The molecule has 1 rings (SSSR count). The highest BCUT2D eigenvalue weighted by Crippen LogP contribution is 2.15. The Kier molecular flexibility index (Phi) is 7.63. The molecule has 0 aromatic rings. The Labute approximate surface area is 135 Å². The first-order chi connectivity index (χ1) is 10.2. The molecule has 0 aromatic carbocycles. The second-order valence-corrected chi connectivity index (χ2v) is 7.68. The van der Waals surface area contributed by atoms with Crippen LogP contribution < -0.4 is 5.32 Å². The van der Waals surface area contributed by atoms with Crippen molar-refractivity contribution in [2.45, 2.75) is 72.1 Å². The molecule has 0 spiro atoms. The number of carbonyl (C=O) groups excluding carboxylic acids is 1. The minimum atomic E-state index is -0.460. The Hall–Kier alpha value is -0.810. The van der Waals surface area contributed by atoms with Crippen molar-refractivity contribution in [3.63, 3.8) is 0 Å². The maximum absolute atomic E-state index is 12.3. The van der Waals surface area contributed by atoms with E-state index in [1.165, 1.54) is 6.42 Å². The summed E-state index contributed by atoms with van der Waals surface area (Å²) in [6.45, 7) is 14.9. The third kappa shape index (κ3) is 7.45. The van der Waals surface area contributed by atoms with Crippen LogP contribution in [-0.2, 0) is 9.47 Å². The summed E-state index contributed by atoms with van der Waals surface area (Å²) in [4.78, 5) is 14.1. The lowest BCUT2D eigenvalue weighted by Gasteiger charge is -2.37. The molecule has 1 amide bonds. The van der Waals surface area contributed by atoms with Crippen LogP contribution in [0.5, 0.6) is 0 Å². The number of nitrogens with one attached hydrogen (secondary N) is 1. The van der Waals surface area contributed by atoms with E-state index in [1.807, 2.05) is 20.8 Å². The minimum Gasteiger partial charge on any atom is -0.444 e. The normalized spacial score (nSPS) is 21.0. The summed E-state index contributed by atoms with van der Waals surface area (Å²) in [5, 5.41) is 3.53. The molecule has 0 aromatic heterocycles. The Bertz CT molecular complexity index is 339. The smallest absolute Gasteiger partial charge is 0.410 e. The Morgan fingerprint density at radius 2 is 2.00 bits per heavy atom. The van der Waals surface area contributed by atoms with Gasteiger partial charge in [0.2, 0.25) is 0 Å². The van der Waals surface area contributed by atoms with E-state index < -0.39 is 5.60 Å². The standard InChI is InChI=1S/C17H34N2O3/c1-13(2)7-8-14(3)18-11-15-12-21-10-9-19(15)16(20)22-17(4,5)6/h13-15,18H,7-12H2,1-6H3. The molecule has 130 valence electrons. The Morgan fingerprint density at radius 1 is 1.32 bits per heavy atom. The maximum atomic E-state index is 12.3. The molecule has 1 aliphatic heterocycles. The lowest BCUT2D eigenvalue weighted by molar-refractivity contribution is -0.0321. The van der Waals surface area contributed by atoms with E-state index in [1.54, 1.807) is 4.90 Å². The number of nitrogens with zero attached hydrogens (tertiary/aromatic N) is 1. The molecule has 0 bridgehead atoms. The van der Waals surface area contributed by atoms with E-state index in [-0.39, 0.29) is 12.1 Å². The molecular formula is C17H34N2O3. The van der Waals surface area contributed by atoms with Crippen molar-refractivity contribution >= 4 is 6.09 Å². The van der Waals surface area contributed by atoms with Crippen molar-refractivity contribution in [2.75, 3.05) is 26.3 Å². The fraction of sp³-hybridized carbons (Fsp3) is 0.941. The molecule has 1 fully saturated rings. The molecule has 1 N–H and O–H groups in total. The molecule has 1 saturated heterocycles. The molecule has 0 radical (unpaired) electrons. The third-order valence-electron chi connectivity index (χ3n) is 3.73. The highest BCUT2D eigenvalue weighted by atomic mass is 16.6. The first-order valence-electron chi connectivity index (χ1n) is 8.50. The average molecular weight is 314 g/mol. The van der Waals surface area contributed by atoms with Crippen LogP contribution in [0.15, 0.2) is 0 Å². The lowest BCUT2D eigenvalue weighted by atomic mass is 10.0.